The SMILES string of the molecule is O=C(NNc1nc(C(=O)O)cs1)c1ccccc1. The minimum atomic E-state index is -1.10. The van der Waals surface area contributed by atoms with Gasteiger partial charge in [-0.2, -0.15) is 0 Å². The number of amides is 1. The molecule has 1 aromatic heterocycles. The molecule has 18 heavy (non-hydrogen) atoms. The van der Waals surface area contributed by atoms with Crippen LogP contribution in [0.3, 0.4) is 0 Å². The first-order chi connectivity index (χ1) is 8.66. The van der Waals surface area contributed by atoms with Crippen molar-refractivity contribution in [1.29, 1.82) is 0 Å². The highest BCUT2D eigenvalue weighted by Gasteiger charge is 2.09. The van der Waals surface area contributed by atoms with Gasteiger partial charge in [-0.05, 0) is 12.1 Å². The lowest BCUT2D eigenvalue weighted by Gasteiger charge is -2.04. The molecule has 0 spiro atoms. The predicted octanol–water partition coefficient (Wildman–Crippen LogP) is 1.60. The van der Waals surface area contributed by atoms with E-state index < -0.39 is 5.97 Å². The van der Waals surface area contributed by atoms with Gasteiger partial charge in [0.05, 0.1) is 0 Å². The molecule has 0 aliphatic rings. The number of carbonyl (C=O) groups excluding carboxylic acids is 1. The summed E-state index contributed by atoms with van der Waals surface area (Å²) in [6, 6.07) is 8.65. The van der Waals surface area contributed by atoms with Gasteiger partial charge in [0.25, 0.3) is 5.91 Å². The molecular formula is C11H9N3O3S. The van der Waals surface area contributed by atoms with Crippen LogP contribution in [0.4, 0.5) is 5.13 Å². The number of carbonyl (C=O) groups is 2. The fourth-order valence-electron chi connectivity index (χ4n) is 1.20. The standard InChI is InChI=1S/C11H9N3O3S/c15-9(7-4-2-1-3-5-7)13-14-11-12-8(6-18-11)10(16)17/h1-6H,(H,12,14)(H,13,15)(H,16,17). The van der Waals surface area contributed by atoms with Gasteiger partial charge < -0.3 is 5.11 Å². The average Bonchev–Trinajstić information content (AvgIpc) is 2.86. The van der Waals surface area contributed by atoms with Gasteiger partial charge in [0.2, 0.25) is 5.13 Å². The van der Waals surface area contributed by atoms with Crippen LogP contribution in [-0.2, 0) is 0 Å². The van der Waals surface area contributed by atoms with E-state index in [1.807, 2.05) is 6.07 Å². The fraction of sp³-hybridized carbons (Fsp3) is 0. The maximum Gasteiger partial charge on any atom is 0.355 e. The second kappa shape index (κ2) is 5.28. The second-order valence-corrected chi connectivity index (χ2v) is 4.15. The molecule has 0 unspecified atom stereocenters. The molecule has 1 amide bonds. The van der Waals surface area contributed by atoms with E-state index in [1.165, 1.54) is 5.38 Å². The van der Waals surface area contributed by atoms with Crippen LogP contribution < -0.4 is 10.9 Å². The van der Waals surface area contributed by atoms with E-state index in [9.17, 15) is 9.59 Å². The number of nitrogens with zero attached hydrogens (tertiary/aromatic N) is 1. The molecule has 2 aromatic rings. The van der Waals surface area contributed by atoms with Crippen molar-refractivity contribution < 1.29 is 14.7 Å². The number of hydrogen-bond acceptors (Lipinski definition) is 5. The van der Waals surface area contributed by atoms with Crippen molar-refractivity contribution in [3.05, 3.63) is 47.0 Å². The number of rotatable bonds is 4. The van der Waals surface area contributed by atoms with Gasteiger partial charge in [-0.25, -0.2) is 9.78 Å². The van der Waals surface area contributed by atoms with Crippen molar-refractivity contribution in [3.8, 4) is 0 Å². The molecular weight excluding hydrogens is 254 g/mol. The lowest BCUT2D eigenvalue weighted by molar-refractivity contribution is 0.0691. The van der Waals surface area contributed by atoms with Crippen LogP contribution in [0.1, 0.15) is 20.8 Å². The molecule has 1 aromatic carbocycles. The summed E-state index contributed by atoms with van der Waals surface area (Å²) in [6.45, 7) is 0. The Kier molecular flexibility index (Phi) is 3.54. The van der Waals surface area contributed by atoms with Gasteiger partial charge >= 0.3 is 5.97 Å². The largest absolute Gasteiger partial charge is 0.476 e. The molecule has 6 nitrogen and oxygen atoms in total. The summed E-state index contributed by atoms with van der Waals surface area (Å²) >= 11 is 1.10. The number of carboxylic acid groups (broad SMARTS) is 1. The molecule has 0 atom stereocenters. The maximum absolute atomic E-state index is 11.6. The van der Waals surface area contributed by atoms with Crippen LogP contribution in [0.25, 0.3) is 0 Å². The summed E-state index contributed by atoms with van der Waals surface area (Å²) in [7, 11) is 0. The maximum atomic E-state index is 11.6. The van der Waals surface area contributed by atoms with Crippen molar-refractivity contribution in [1.82, 2.24) is 10.4 Å². The zero-order chi connectivity index (χ0) is 13.0. The van der Waals surface area contributed by atoms with Gasteiger partial charge in [-0.3, -0.25) is 15.6 Å². The topological polar surface area (TPSA) is 91.3 Å². The third-order valence-electron chi connectivity index (χ3n) is 2.04. The number of carboxylic acids is 1. The van der Waals surface area contributed by atoms with E-state index in [4.69, 9.17) is 5.11 Å². The van der Waals surface area contributed by atoms with Gasteiger partial charge in [-0.1, -0.05) is 18.2 Å². The Hall–Kier alpha value is -2.41. The number of aromatic carboxylic acids is 1. The molecule has 2 rings (SSSR count). The van der Waals surface area contributed by atoms with Crippen LogP contribution >= 0.6 is 11.3 Å². The Bertz CT molecular complexity index is 568. The Balaban J connectivity index is 1.95. The molecule has 92 valence electrons. The number of aromatic nitrogens is 1. The summed E-state index contributed by atoms with van der Waals surface area (Å²) in [5.74, 6) is -1.42. The Morgan fingerprint density at radius 1 is 1.22 bits per heavy atom. The molecule has 0 aliphatic carbocycles. The molecule has 1 heterocycles. The summed E-state index contributed by atoms with van der Waals surface area (Å²) in [5.41, 5.74) is 5.44. The number of nitrogens with one attached hydrogen (secondary N) is 2. The van der Waals surface area contributed by atoms with E-state index in [0.29, 0.717) is 10.7 Å². The average molecular weight is 263 g/mol. The molecule has 0 bridgehead atoms. The third kappa shape index (κ3) is 2.83. The Morgan fingerprint density at radius 3 is 2.56 bits per heavy atom. The first-order valence-corrected chi connectivity index (χ1v) is 5.85. The van der Waals surface area contributed by atoms with Crippen LogP contribution in [0.5, 0.6) is 0 Å². The molecule has 3 N–H and O–H groups in total. The Labute approximate surface area is 106 Å². The smallest absolute Gasteiger partial charge is 0.355 e. The fourth-order valence-corrected chi connectivity index (χ4v) is 1.84. The molecule has 7 heteroatoms. The third-order valence-corrected chi connectivity index (χ3v) is 2.80. The first-order valence-electron chi connectivity index (χ1n) is 4.97. The van der Waals surface area contributed by atoms with Crippen molar-refractivity contribution >= 4 is 28.3 Å². The molecule has 0 saturated carbocycles. The lowest BCUT2D eigenvalue weighted by atomic mass is 10.2. The number of benzene rings is 1. The highest BCUT2D eigenvalue weighted by atomic mass is 32.1. The Morgan fingerprint density at radius 2 is 1.94 bits per heavy atom. The quantitative estimate of drug-likeness (QED) is 0.729. The number of anilines is 1. The highest BCUT2D eigenvalue weighted by molar-refractivity contribution is 7.13. The number of hydrogen-bond donors (Lipinski definition) is 3. The van der Waals surface area contributed by atoms with Crippen molar-refractivity contribution in [3.63, 3.8) is 0 Å². The number of hydrazine groups is 1. The van der Waals surface area contributed by atoms with E-state index in [0.717, 1.165) is 11.3 Å². The predicted molar refractivity (Wildman–Crippen MR) is 66.6 cm³/mol. The van der Waals surface area contributed by atoms with Gasteiger partial charge in [0.1, 0.15) is 0 Å². The first kappa shape index (κ1) is 12.1. The minimum Gasteiger partial charge on any atom is -0.476 e. The van der Waals surface area contributed by atoms with E-state index in [-0.39, 0.29) is 11.6 Å². The second-order valence-electron chi connectivity index (χ2n) is 3.29. The van der Waals surface area contributed by atoms with E-state index in [1.54, 1.807) is 24.3 Å². The lowest BCUT2D eigenvalue weighted by Crippen LogP contribution is -2.29. The normalized spacial score (nSPS) is 9.78. The summed E-state index contributed by atoms with van der Waals surface area (Å²) in [6.07, 6.45) is 0. The van der Waals surface area contributed by atoms with Crippen LogP contribution in [0, 0.1) is 0 Å². The highest BCUT2D eigenvalue weighted by Crippen LogP contribution is 2.14. The minimum absolute atomic E-state index is 0.0588. The number of thiazole rings is 1. The van der Waals surface area contributed by atoms with E-state index >= 15 is 0 Å². The molecule has 0 radical (unpaired) electrons. The van der Waals surface area contributed by atoms with Gasteiger partial charge in [0, 0.05) is 10.9 Å². The molecule has 0 fully saturated rings. The van der Waals surface area contributed by atoms with Gasteiger partial charge in [0.15, 0.2) is 5.69 Å². The van der Waals surface area contributed by atoms with Crippen molar-refractivity contribution in [2.45, 2.75) is 0 Å². The monoisotopic (exact) mass is 263 g/mol. The van der Waals surface area contributed by atoms with Gasteiger partial charge in [-0.15, -0.1) is 11.3 Å². The summed E-state index contributed by atoms with van der Waals surface area (Å²) in [5, 5.41) is 10.4. The van der Waals surface area contributed by atoms with Crippen molar-refractivity contribution in [2.24, 2.45) is 0 Å². The van der Waals surface area contributed by atoms with Crippen molar-refractivity contribution in [2.75, 3.05) is 5.43 Å². The zero-order valence-electron chi connectivity index (χ0n) is 9.08. The van der Waals surface area contributed by atoms with Crippen LogP contribution in [0.2, 0.25) is 0 Å². The van der Waals surface area contributed by atoms with Crippen LogP contribution in [0.15, 0.2) is 35.7 Å². The summed E-state index contributed by atoms with van der Waals surface area (Å²) in [4.78, 5) is 26.0. The summed E-state index contributed by atoms with van der Waals surface area (Å²) < 4.78 is 0. The zero-order valence-corrected chi connectivity index (χ0v) is 9.90. The van der Waals surface area contributed by atoms with E-state index in [2.05, 4.69) is 15.8 Å². The van der Waals surface area contributed by atoms with Crippen LogP contribution in [-0.4, -0.2) is 22.0 Å². The molecule has 0 saturated heterocycles. The molecule has 0 aliphatic heterocycles.